The molecule has 5 aromatic carbocycles. The first-order valence-corrected chi connectivity index (χ1v) is 14.2. The molecule has 0 aliphatic carbocycles. The third kappa shape index (κ3) is 6.63. The number of rotatable bonds is 10. The predicted molar refractivity (Wildman–Crippen MR) is 165 cm³/mol. The zero-order valence-corrected chi connectivity index (χ0v) is 23.8. The van der Waals surface area contributed by atoms with Crippen LogP contribution in [0.15, 0.2) is 133 Å². The molecule has 5 aromatic rings. The Morgan fingerprint density at radius 1 is 0.325 bits per heavy atom. The third-order valence-corrected chi connectivity index (χ3v) is 7.35. The van der Waals surface area contributed by atoms with E-state index in [0.29, 0.717) is 11.8 Å². The normalized spacial score (nSPS) is 12.8. The van der Waals surface area contributed by atoms with Gasteiger partial charge in [0.1, 0.15) is 23.7 Å². The summed E-state index contributed by atoms with van der Waals surface area (Å²) in [4.78, 5) is 0. The third-order valence-electron chi connectivity index (χ3n) is 7.35. The summed E-state index contributed by atoms with van der Waals surface area (Å²) in [6.45, 7) is 8.87. The molecule has 0 radical (unpaired) electrons. The van der Waals surface area contributed by atoms with E-state index in [9.17, 15) is 0 Å². The summed E-state index contributed by atoms with van der Waals surface area (Å²) in [5.74, 6) is 2.66. The summed E-state index contributed by atoms with van der Waals surface area (Å²) in [6.07, 6.45) is -0.451. The van der Waals surface area contributed by atoms with Gasteiger partial charge < -0.3 is 9.47 Å². The van der Waals surface area contributed by atoms with Gasteiger partial charge in [-0.05, 0) is 69.5 Å². The van der Waals surface area contributed by atoms with Crippen molar-refractivity contribution < 1.29 is 9.47 Å². The van der Waals surface area contributed by atoms with Gasteiger partial charge in [-0.25, -0.2) is 0 Å². The smallest absolute Gasteiger partial charge is 0.149 e. The van der Waals surface area contributed by atoms with Gasteiger partial charge in [0.2, 0.25) is 0 Å². The first kappa shape index (κ1) is 27.3. The van der Waals surface area contributed by atoms with Crippen molar-refractivity contribution in [3.63, 3.8) is 0 Å². The van der Waals surface area contributed by atoms with E-state index in [4.69, 9.17) is 9.47 Å². The maximum Gasteiger partial charge on any atom is 0.149 e. The molecular weight excluding hydrogens is 488 g/mol. The fourth-order valence-corrected chi connectivity index (χ4v) is 4.88. The minimum atomic E-state index is -0.225. The van der Waals surface area contributed by atoms with Gasteiger partial charge in [-0.1, -0.05) is 137 Å². The molecule has 0 saturated carbocycles. The van der Waals surface area contributed by atoms with E-state index in [-0.39, 0.29) is 12.2 Å². The Morgan fingerprint density at radius 2 is 0.575 bits per heavy atom. The number of benzene rings is 5. The van der Waals surface area contributed by atoms with Crippen LogP contribution in [0.5, 0.6) is 11.5 Å². The van der Waals surface area contributed by atoms with Gasteiger partial charge in [0.05, 0.1) is 0 Å². The van der Waals surface area contributed by atoms with Crippen molar-refractivity contribution in [2.75, 3.05) is 0 Å². The molecule has 0 N–H and O–H groups in total. The Labute approximate surface area is 239 Å². The summed E-state index contributed by atoms with van der Waals surface area (Å²) < 4.78 is 13.1. The summed E-state index contributed by atoms with van der Waals surface area (Å²) in [7, 11) is 0. The lowest BCUT2D eigenvalue weighted by molar-refractivity contribution is 0.243. The molecule has 0 aromatic heterocycles. The van der Waals surface area contributed by atoms with Crippen LogP contribution in [0.2, 0.25) is 0 Å². The van der Waals surface area contributed by atoms with Gasteiger partial charge in [-0.2, -0.15) is 0 Å². The molecule has 2 heteroatoms. The van der Waals surface area contributed by atoms with Crippen LogP contribution in [-0.2, 0) is 0 Å². The molecule has 40 heavy (non-hydrogen) atoms. The molecular formula is C38H38O2. The highest BCUT2D eigenvalue weighted by atomic mass is 16.5. The first-order chi connectivity index (χ1) is 19.5. The number of hydrogen-bond donors (Lipinski definition) is 0. The largest absolute Gasteiger partial charge is 0.481 e. The van der Waals surface area contributed by atoms with E-state index in [0.717, 1.165) is 33.8 Å². The molecule has 0 heterocycles. The van der Waals surface area contributed by atoms with E-state index in [1.54, 1.807) is 0 Å². The lowest BCUT2D eigenvalue weighted by Gasteiger charge is -2.23. The van der Waals surface area contributed by atoms with Crippen molar-refractivity contribution in [1.82, 2.24) is 0 Å². The average Bonchev–Trinajstić information content (AvgIpc) is 3.00. The molecule has 2 atom stereocenters. The Morgan fingerprint density at radius 3 is 0.825 bits per heavy atom. The fraction of sp³-hybridized carbons (Fsp3) is 0.211. The summed E-state index contributed by atoms with van der Waals surface area (Å²) in [6, 6.07) is 46.3. The van der Waals surface area contributed by atoms with Crippen LogP contribution in [-0.4, -0.2) is 0 Å². The predicted octanol–water partition coefficient (Wildman–Crippen LogP) is 10.3. The highest BCUT2D eigenvalue weighted by Crippen LogP contribution is 2.33. The van der Waals surface area contributed by atoms with E-state index in [1.165, 1.54) is 11.1 Å². The van der Waals surface area contributed by atoms with Crippen molar-refractivity contribution in [3.8, 4) is 11.5 Å². The average molecular weight is 527 g/mol. The highest BCUT2D eigenvalue weighted by Gasteiger charge is 2.20. The first-order valence-electron chi connectivity index (χ1n) is 14.2. The van der Waals surface area contributed by atoms with E-state index < -0.39 is 0 Å². The Bertz CT molecular complexity index is 1340. The second kappa shape index (κ2) is 12.7. The van der Waals surface area contributed by atoms with Crippen molar-refractivity contribution in [1.29, 1.82) is 0 Å². The van der Waals surface area contributed by atoms with Gasteiger partial charge in [0.25, 0.3) is 0 Å². The Balaban J connectivity index is 1.49. The molecule has 2 unspecified atom stereocenters. The standard InChI is InChI=1S/C38H38O2/c1-27(2)29-15-19-31(20-16-29)37(39-35-11-7-5-8-12-35)33-23-25-34(26-24-33)38(40-36-13-9-6-10-14-36)32-21-17-30(18-22-32)28(3)4/h5-28,37-38H,1-4H3. The molecule has 0 spiro atoms. The van der Waals surface area contributed by atoms with Crippen LogP contribution in [0.25, 0.3) is 0 Å². The molecule has 0 aliphatic heterocycles. The molecule has 0 bridgehead atoms. The Hall–Kier alpha value is -4.30. The van der Waals surface area contributed by atoms with Crippen LogP contribution < -0.4 is 9.47 Å². The molecule has 0 aliphatic rings. The monoisotopic (exact) mass is 526 g/mol. The minimum Gasteiger partial charge on any atom is -0.481 e. The van der Waals surface area contributed by atoms with Gasteiger partial charge in [-0.15, -0.1) is 0 Å². The summed E-state index contributed by atoms with van der Waals surface area (Å²) >= 11 is 0. The van der Waals surface area contributed by atoms with Gasteiger partial charge in [0.15, 0.2) is 0 Å². The van der Waals surface area contributed by atoms with Crippen LogP contribution >= 0.6 is 0 Å². The topological polar surface area (TPSA) is 18.5 Å². The van der Waals surface area contributed by atoms with Crippen molar-refractivity contribution in [3.05, 3.63) is 167 Å². The van der Waals surface area contributed by atoms with E-state index in [1.807, 2.05) is 60.7 Å². The summed E-state index contributed by atoms with van der Waals surface area (Å²) in [5.41, 5.74) is 7.09. The second-order valence-corrected chi connectivity index (χ2v) is 10.9. The molecule has 0 fully saturated rings. The van der Waals surface area contributed by atoms with Crippen LogP contribution in [0.4, 0.5) is 0 Å². The van der Waals surface area contributed by atoms with Gasteiger partial charge in [-0.3, -0.25) is 0 Å². The summed E-state index contributed by atoms with van der Waals surface area (Å²) in [5, 5.41) is 0. The number of para-hydroxylation sites is 2. The van der Waals surface area contributed by atoms with Crippen molar-refractivity contribution >= 4 is 0 Å². The SMILES string of the molecule is CC(C)c1ccc(C(Oc2ccccc2)c2ccc(C(Oc3ccccc3)c3ccc(C(C)C)cc3)cc2)cc1. The molecule has 202 valence electrons. The lowest BCUT2D eigenvalue weighted by atomic mass is 9.94. The number of hydrogen-bond acceptors (Lipinski definition) is 2. The minimum absolute atomic E-state index is 0.225. The molecule has 0 amide bonds. The Kier molecular flexibility index (Phi) is 8.66. The zero-order valence-electron chi connectivity index (χ0n) is 23.8. The van der Waals surface area contributed by atoms with Gasteiger partial charge in [0, 0.05) is 0 Å². The fourth-order valence-electron chi connectivity index (χ4n) is 4.88. The van der Waals surface area contributed by atoms with Gasteiger partial charge >= 0.3 is 0 Å². The second-order valence-electron chi connectivity index (χ2n) is 10.9. The highest BCUT2D eigenvalue weighted by molar-refractivity contribution is 5.40. The van der Waals surface area contributed by atoms with Crippen LogP contribution in [0.1, 0.15) is 85.1 Å². The maximum absolute atomic E-state index is 6.57. The van der Waals surface area contributed by atoms with Crippen molar-refractivity contribution in [2.24, 2.45) is 0 Å². The molecule has 2 nitrogen and oxygen atoms in total. The van der Waals surface area contributed by atoms with Crippen molar-refractivity contribution in [2.45, 2.75) is 51.7 Å². The zero-order chi connectivity index (χ0) is 27.9. The maximum atomic E-state index is 6.57. The van der Waals surface area contributed by atoms with E-state index >= 15 is 0 Å². The lowest BCUT2D eigenvalue weighted by Crippen LogP contribution is -2.12. The molecule has 5 rings (SSSR count). The van der Waals surface area contributed by atoms with Crippen LogP contribution in [0.3, 0.4) is 0 Å². The number of ether oxygens (including phenoxy) is 2. The van der Waals surface area contributed by atoms with E-state index in [2.05, 4.69) is 100 Å². The van der Waals surface area contributed by atoms with Crippen LogP contribution in [0, 0.1) is 0 Å². The molecule has 0 saturated heterocycles. The quantitative estimate of drug-likeness (QED) is 0.180.